The Balaban J connectivity index is 1.88. The second-order valence-electron chi connectivity index (χ2n) is 6.77. The van der Waals surface area contributed by atoms with E-state index in [1.807, 2.05) is 12.1 Å². The van der Waals surface area contributed by atoms with Crippen LogP contribution < -0.4 is 10.6 Å². The summed E-state index contributed by atoms with van der Waals surface area (Å²) < 4.78 is 0. The number of rotatable bonds is 7. The molecule has 0 radical (unpaired) electrons. The van der Waals surface area contributed by atoms with Crippen LogP contribution in [0.3, 0.4) is 0 Å². The average molecular weight is 340 g/mol. The highest BCUT2D eigenvalue weighted by molar-refractivity contribution is 5.59. The Labute approximate surface area is 150 Å². The molecular formula is C19H28N6. The molecule has 1 aliphatic heterocycles. The fourth-order valence-electron chi connectivity index (χ4n) is 3.23. The maximum absolute atomic E-state index is 4.85. The van der Waals surface area contributed by atoms with E-state index in [1.54, 1.807) is 12.4 Å². The zero-order valence-corrected chi connectivity index (χ0v) is 15.4. The largest absolute Gasteiger partial charge is 0.368 e. The van der Waals surface area contributed by atoms with E-state index in [2.05, 4.69) is 41.5 Å². The van der Waals surface area contributed by atoms with Crippen LogP contribution in [-0.2, 0) is 13.0 Å². The maximum atomic E-state index is 4.85. The molecule has 0 bridgehead atoms. The number of nitrogens with zero attached hydrogens (tertiary/aromatic N) is 4. The predicted molar refractivity (Wildman–Crippen MR) is 102 cm³/mol. The molecule has 0 saturated heterocycles. The Morgan fingerprint density at radius 1 is 1.24 bits per heavy atom. The van der Waals surface area contributed by atoms with Crippen molar-refractivity contribution in [2.45, 2.75) is 38.8 Å². The van der Waals surface area contributed by atoms with Gasteiger partial charge in [-0.25, -0.2) is 9.97 Å². The van der Waals surface area contributed by atoms with Gasteiger partial charge in [0.1, 0.15) is 5.82 Å². The van der Waals surface area contributed by atoms with E-state index >= 15 is 0 Å². The zero-order chi connectivity index (χ0) is 17.6. The molecular weight excluding hydrogens is 312 g/mol. The summed E-state index contributed by atoms with van der Waals surface area (Å²) in [5.41, 5.74) is 3.36. The first-order valence-corrected chi connectivity index (χ1v) is 9.10. The third-order valence-corrected chi connectivity index (χ3v) is 4.73. The lowest BCUT2D eigenvalue weighted by Crippen LogP contribution is -2.35. The number of pyridine rings is 1. The van der Waals surface area contributed by atoms with E-state index in [4.69, 9.17) is 9.97 Å². The van der Waals surface area contributed by atoms with Crippen LogP contribution in [0.15, 0.2) is 24.5 Å². The van der Waals surface area contributed by atoms with Crippen LogP contribution >= 0.6 is 0 Å². The molecule has 0 fully saturated rings. The van der Waals surface area contributed by atoms with Gasteiger partial charge in [0.05, 0.1) is 5.69 Å². The van der Waals surface area contributed by atoms with Crippen LogP contribution in [0, 0.1) is 0 Å². The third kappa shape index (κ3) is 4.32. The molecule has 6 heteroatoms. The SMILES string of the molecule is CCC[C@H](CNc1nc(-c2ccncc2)nc2c1CCNC2)N(C)C. The molecule has 2 N–H and O–H groups in total. The number of aromatic nitrogens is 3. The van der Waals surface area contributed by atoms with Crippen LogP contribution in [0.2, 0.25) is 0 Å². The van der Waals surface area contributed by atoms with Crippen LogP contribution in [-0.4, -0.2) is 53.1 Å². The summed E-state index contributed by atoms with van der Waals surface area (Å²) in [4.78, 5) is 16.0. The maximum Gasteiger partial charge on any atom is 0.161 e. The molecule has 0 amide bonds. The highest BCUT2D eigenvalue weighted by Crippen LogP contribution is 2.24. The number of likely N-dealkylation sites (N-methyl/N-ethyl adjacent to an activating group) is 1. The van der Waals surface area contributed by atoms with Crippen molar-refractivity contribution in [3.05, 3.63) is 35.8 Å². The van der Waals surface area contributed by atoms with Crippen LogP contribution in [0.4, 0.5) is 5.82 Å². The average Bonchev–Trinajstić information content (AvgIpc) is 2.65. The normalized spacial score (nSPS) is 15.0. The minimum Gasteiger partial charge on any atom is -0.368 e. The second kappa shape index (κ2) is 8.36. The molecule has 2 aromatic heterocycles. The van der Waals surface area contributed by atoms with Gasteiger partial charge < -0.3 is 15.5 Å². The molecule has 0 aromatic carbocycles. The Kier molecular flexibility index (Phi) is 5.94. The van der Waals surface area contributed by atoms with Gasteiger partial charge in [0.25, 0.3) is 0 Å². The molecule has 134 valence electrons. The van der Waals surface area contributed by atoms with Gasteiger partial charge in [-0.15, -0.1) is 0 Å². The standard InChI is InChI=1S/C19H28N6/c1-4-5-15(25(2)3)12-22-19-16-8-11-21-13-17(16)23-18(24-19)14-6-9-20-10-7-14/h6-7,9-10,15,21H,4-5,8,11-13H2,1-3H3,(H,22,23,24)/t15-/m1/s1. The monoisotopic (exact) mass is 340 g/mol. The van der Waals surface area contributed by atoms with Gasteiger partial charge in [0.2, 0.25) is 0 Å². The van der Waals surface area contributed by atoms with Crippen molar-refractivity contribution in [2.24, 2.45) is 0 Å². The molecule has 6 nitrogen and oxygen atoms in total. The molecule has 0 saturated carbocycles. The van der Waals surface area contributed by atoms with Crippen molar-refractivity contribution in [2.75, 3.05) is 32.5 Å². The first-order valence-electron chi connectivity index (χ1n) is 9.10. The lowest BCUT2D eigenvalue weighted by atomic mass is 10.1. The molecule has 3 heterocycles. The van der Waals surface area contributed by atoms with E-state index in [-0.39, 0.29) is 0 Å². The Morgan fingerprint density at radius 3 is 2.76 bits per heavy atom. The van der Waals surface area contributed by atoms with Crippen molar-refractivity contribution < 1.29 is 0 Å². The summed E-state index contributed by atoms with van der Waals surface area (Å²) in [6.07, 6.45) is 6.89. The van der Waals surface area contributed by atoms with E-state index < -0.39 is 0 Å². The van der Waals surface area contributed by atoms with Gasteiger partial charge in [-0.3, -0.25) is 4.98 Å². The lowest BCUT2D eigenvalue weighted by Gasteiger charge is -2.26. The molecule has 2 aromatic rings. The third-order valence-electron chi connectivity index (χ3n) is 4.73. The number of anilines is 1. The molecule has 1 atom stereocenters. The van der Waals surface area contributed by atoms with Gasteiger partial charge in [0.15, 0.2) is 5.82 Å². The number of fused-ring (bicyclic) bond motifs is 1. The van der Waals surface area contributed by atoms with E-state index in [1.165, 1.54) is 18.4 Å². The van der Waals surface area contributed by atoms with Crippen molar-refractivity contribution in [1.82, 2.24) is 25.2 Å². The van der Waals surface area contributed by atoms with Gasteiger partial charge >= 0.3 is 0 Å². The smallest absolute Gasteiger partial charge is 0.161 e. The quantitative estimate of drug-likeness (QED) is 0.806. The fraction of sp³-hybridized carbons (Fsp3) is 0.526. The van der Waals surface area contributed by atoms with Crippen molar-refractivity contribution >= 4 is 5.82 Å². The predicted octanol–water partition coefficient (Wildman–Crippen LogP) is 2.33. The minimum absolute atomic E-state index is 0.502. The first-order chi connectivity index (χ1) is 12.2. The van der Waals surface area contributed by atoms with Crippen LogP contribution in [0.5, 0.6) is 0 Å². The van der Waals surface area contributed by atoms with E-state index in [0.717, 1.165) is 49.0 Å². The number of nitrogens with one attached hydrogen (secondary N) is 2. The summed E-state index contributed by atoms with van der Waals surface area (Å²) in [6.45, 7) is 4.91. The van der Waals surface area contributed by atoms with Crippen LogP contribution in [0.25, 0.3) is 11.4 Å². The van der Waals surface area contributed by atoms with Gasteiger partial charge in [-0.1, -0.05) is 13.3 Å². The number of hydrogen-bond donors (Lipinski definition) is 2. The summed E-state index contributed by atoms with van der Waals surface area (Å²) >= 11 is 0. The molecule has 0 aliphatic carbocycles. The Hall–Kier alpha value is -2.05. The van der Waals surface area contributed by atoms with Gasteiger partial charge in [-0.2, -0.15) is 0 Å². The topological polar surface area (TPSA) is 66.0 Å². The molecule has 25 heavy (non-hydrogen) atoms. The lowest BCUT2D eigenvalue weighted by molar-refractivity contribution is 0.288. The first kappa shape index (κ1) is 17.8. The second-order valence-corrected chi connectivity index (χ2v) is 6.77. The molecule has 3 rings (SSSR count). The summed E-state index contributed by atoms with van der Waals surface area (Å²) in [6, 6.07) is 4.42. The highest BCUT2D eigenvalue weighted by Gasteiger charge is 2.19. The zero-order valence-electron chi connectivity index (χ0n) is 15.4. The van der Waals surface area contributed by atoms with E-state index in [9.17, 15) is 0 Å². The van der Waals surface area contributed by atoms with Gasteiger partial charge in [-0.05, 0) is 45.6 Å². The van der Waals surface area contributed by atoms with E-state index in [0.29, 0.717) is 6.04 Å². The molecule has 1 aliphatic rings. The van der Waals surface area contributed by atoms with Crippen molar-refractivity contribution in [3.63, 3.8) is 0 Å². The van der Waals surface area contributed by atoms with Gasteiger partial charge in [0, 0.05) is 42.7 Å². The van der Waals surface area contributed by atoms with Crippen molar-refractivity contribution in [1.29, 1.82) is 0 Å². The number of hydrogen-bond acceptors (Lipinski definition) is 6. The summed E-state index contributed by atoms with van der Waals surface area (Å²) in [5, 5.41) is 7.02. The molecule has 0 unspecified atom stereocenters. The van der Waals surface area contributed by atoms with Crippen LogP contribution in [0.1, 0.15) is 31.0 Å². The Morgan fingerprint density at radius 2 is 2.04 bits per heavy atom. The minimum atomic E-state index is 0.502. The Bertz CT molecular complexity index is 686. The summed E-state index contributed by atoms with van der Waals surface area (Å²) in [7, 11) is 4.29. The highest BCUT2D eigenvalue weighted by atomic mass is 15.1. The molecule has 0 spiro atoms. The fourth-order valence-corrected chi connectivity index (χ4v) is 3.23. The summed E-state index contributed by atoms with van der Waals surface area (Å²) in [5.74, 6) is 1.76. The van der Waals surface area contributed by atoms with Crippen molar-refractivity contribution in [3.8, 4) is 11.4 Å².